The molecule has 0 radical (unpaired) electrons. The average molecular weight is 399 g/mol. The van der Waals surface area contributed by atoms with E-state index in [0.29, 0.717) is 6.54 Å². The second kappa shape index (κ2) is 10.6. The van der Waals surface area contributed by atoms with Crippen LogP contribution in [0.1, 0.15) is 38.7 Å². The first-order valence-corrected chi connectivity index (χ1v) is 9.97. The maximum absolute atomic E-state index is 12.2. The monoisotopic (exact) mass is 399 g/mol. The van der Waals surface area contributed by atoms with Crippen LogP contribution >= 0.6 is 0 Å². The summed E-state index contributed by atoms with van der Waals surface area (Å²) in [7, 11) is -3.74. The third-order valence-corrected chi connectivity index (χ3v) is 4.91. The van der Waals surface area contributed by atoms with Crippen molar-refractivity contribution in [2.24, 2.45) is 0 Å². The van der Waals surface area contributed by atoms with Gasteiger partial charge < -0.3 is 10.1 Å². The van der Waals surface area contributed by atoms with Gasteiger partial charge in [0.2, 0.25) is 10.0 Å². The molecule has 9 nitrogen and oxygen atoms in total. The molecule has 0 aromatic heterocycles. The summed E-state index contributed by atoms with van der Waals surface area (Å²) in [6, 6.07) is 5.79. The van der Waals surface area contributed by atoms with Gasteiger partial charge in [-0.3, -0.25) is 14.9 Å². The van der Waals surface area contributed by atoms with E-state index in [-0.39, 0.29) is 23.8 Å². The highest BCUT2D eigenvalue weighted by Gasteiger charge is 2.15. The van der Waals surface area contributed by atoms with Crippen molar-refractivity contribution < 1.29 is 27.5 Å². The number of hydrogen-bond acceptors (Lipinski definition) is 6. The Morgan fingerprint density at radius 2 is 1.74 bits per heavy atom. The van der Waals surface area contributed by atoms with Crippen LogP contribution < -0.4 is 15.4 Å². The molecule has 27 heavy (non-hydrogen) atoms. The van der Waals surface area contributed by atoms with Crippen LogP contribution in [0.4, 0.5) is 4.79 Å². The minimum atomic E-state index is -3.74. The molecule has 0 spiro atoms. The van der Waals surface area contributed by atoms with E-state index in [9.17, 15) is 22.8 Å². The van der Waals surface area contributed by atoms with Gasteiger partial charge in [0, 0.05) is 13.1 Å². The quantitative estimate of drug-likeness (QED) is 0.528. The van der Waals surface area contributed by atoms with Crippen LogP contribution in [0.15, 0.2) is 29.2 Å². The summed E-state index contributed by atoms with van der Waals surface area (Å²) in [5, 5.41) is 4.32. The molecule has 0 aliphatic rings. The number of nitrogens with one attached hydrogen (secondary N) is 3. The third-order valence-electron chi connectivity index (χ3n) is 3.43. The number of urea groups is 1. The third kappa shape index (κ3) is 8.18. The average Bonchev–Trinajstić information content (AvgIpc) is 2.60. The lowest BCUT2D eigenvalue weighted by atomic mass is 10.0. The summed E-state index contributed by atoms with van der Waals surface area (Å²) in [5.74, 6) is -1.26. The highest BCUT2D eigenvalue weighted by molar-refractivity contribution is 7.89. The Morgan fingerprint density at radius 3 is 2.30 bits per heavy atom. The lowest BCUT2D eigenvalue weighted by Gasteiger charge is -2.09. The van der Waals surface area contributed by atoms with Crippen molar-refractivity contribution in [2.45, 2.75) is 38.0 Å². The molecular formula is C17H25N3O6S. The number of esters is 1. The van der Waals surface area contributed by atoms with Gasteiger partial charge in [-0.05, 0) is 30.5 Å². The molecule has 0 aliphatic heterocycles. The molecule has 10 heteroatoms. The van der Waals surface area contributed by atoms with Crippen molar-refractivity contribution >= 4 is 27.9 Å². The zero-order valence-corrected chi connectivity index (χ0v) is 16.4. The van der Waals surface area contributed by atoms with Crippen molar-refractivity contribution in [3.63, 3.8) is 0 Å². The first kappa shape index (κ1) is 22.6. The number of carbonyl (C=O) groups is 3. The molecule has 0 unspecified atom stereocenters. The summed E-state index contributed by atoms with van der Waals surface area (Å²) < 4.78 is 31.3. The second-order valence-corrected chi connectivity index (χ2v) is 7.71. The minimum absolute atomic E-state index is 0.0987. The molecule has 0 atom stereocenters. The van der Waals surface area contributed by atoms with Gasteiger partial charge in [0.15, 0.2) is 6.61 Å². The summed E-state index contributed by atoms with van der Waals surface area (Å²) in [5.41, 5.74) is 1.02. The maximum atomic E-state index is 12.2. The predicted octanol–water partition coefficient (Wildman–Crippen LogP) is 0.867. The van der Waals surface area contributed by atoms with Gasteiger partial charge in [-0.25, -0.2) is 17.9 Å². The summed E-state index contributed by atoms with van der Waals surface area (Å²) >= 11 is 0. The van der Waals surface area contributed by atoms with Crippen molar-refractivity contribution in [3.05, 3.63) is 29.8 Å². The SMILES string of the molecule is CCNC(=O)NC(=O)COC(=O)CCNS(=O)(=O)c1ccc(C(C)C)cc1. The molecule has 0 saturated heterocycles. The molecule has 1 rings (SSSR count). The summed E-state index contributed by atoms with van der Waals surface area (Å²) in [6.07, 6.45) is -0.252. The zero-order valence-electron chi connectivity index (χ0n) is 15.6. The van der Waals surface area contributed by atoms with Crippen LogP contribution in [0.5, 0.6) is 0 Å². The van der Waals surface area contributed by atoms with E-state index in [4.69, 9.17) is 0 Å². The zero-order chi connectivity index (χ0) is 20.4. The van der Waals surface area contributed by atoms with E-state index in [0.717, 1.165) is 5.56 Å². The number of rotatable bonds is 9. The molecule has 1 aromatic carbocycles. The Kier molecular flexibility index (Phi) is 8.89. The molecule has 3 amide bonds. The van der Waals surface area contributed by atoms with Gasteiger partial charge in [-0.1, -0.05) is 26.0 Å². The van der Waals surface area contributed by atoms with Crippen LogP contribution in [-0.2, 0) is 24.3 Å². The molecule has 0 aliphatic carbocycles. The van der Waals surface area contributed by atoms with Crippen molar-refractivity contribution in [2.75, 3.05) is 19.7 Å². The Bertz CT molecular complexity index is 759. The topological polar surface area (TPSA) is 131 Å². The Morgan fingerprint density at radius 1 is 1.11 bits per heavy atom. The molecule has 0 fully saturated rings. The highest BCUT2D eigenvalue weighted by Crippen LogP contribution is 2.17. The van der Waals surface area contributed by atoms with Crippen molar-refractivity contribution in [1.29, 1.82) is 0 Å². The fraction of sp³-hybridized carbons (Fsp3) is 0.471. The number of imide groups is 1. The smallest absolute Gasteiger partial charge is 0.321 e. The number of amides is 3. The Hall–Kier alpha value is -2.46. The predicted molar refractivity (Wildman–Crippen MR) is 98.5 cm³/mol. The van der Waals surface area contributed by atoms with E-state index >= 15 is 0 Å². The van der Waals surface area contributed by atoms with Crippen LogP contribution in [0, 0.1) is 0 Å². The largest absolute Gasteiger partial charge is 0.456 e. The molecule has 150 valence electrons. The summed E-state index contributed by atoms with van der Waals surface area (Å²) in [6.45, 7) is 5.24. The number of benzene rings is 1. The number of sulfonamides is 1. The van der Waals surface area contributed by atoms with E-state index in [2.05, 4.69) is 14.8 Å². The van der Waals surface area contributed by atoms with E-state index in [1.165, 1.54) is 12.1 Å². The van der Waals surface area contributed by atoms with Crippen LogP contribution in [0.3, 0.4) is 0 Å². The van der Waals surface area contributed by atoms with Gasteiger partial charge in [0.1, 0.15) is 0 Å². The summed E-state index contributed by atoms with van der Waals surface area (Å²) in [4.78, 5) is 34.1. The lowest BCUT2D eigenvalue weighted by molar-refractivity contribution is -0.148. The van der Waals surface area contributed by atoms with E-state index in [1.54, 1.807) is 19.1 Å². The van der Waals surface area contributed by atoms with E-state index in [1.807, 2.05) is 19.2 Å². The molecule has 0 saturated carbocycles. The molecule has 3 N–H and O–H groups in total. The van der Waals surface area contributed by atoms with Gasteiger partial charge in [0.05, 0.1) is 11.3 Å². The Labute approximate surface area is 158 Å². The molecule has 0 bridgehead atoms. The number of hydrogen-bond donors (Lipinski definition) is 3. The first-order chi connectivity index (χ1) is 12.7. The minimum Gasteiger partial charge on any atom is -0.456 e. The van der Waals surface area contributed by atoms with Crippen LogP contribution in [0.2, 0.25) is 0 Å². The standard InChI is InChI=1S/C17H25N3O6S/c1-4-18-17(23)20-15(21)11-26-16(22)9-10-19-27(24,25)14-7-5-13(6-8-14)12(2)3/h5-8,12,19H,4,9-11H2,1-3H3,(H2,18,20,21,23). The first-order valence-electron chi connectivity index (χ1n) is 8.48. The van der Waals surface area contributed by atoms with E-state index < -0.39 is 34.5 Å². The highest BCUT2D eigenvalue weighted by atomic mass is 32.2. The molecular weight excluding hydrogens is 374 g/mol. The fourth-order valence-corrected chi connectivity index (χ4v) is 3.02. The van der Waals surface area contributed by atoms with Crippen LogP contribution in [-0.4, -0.2) is 46.0 Å². The van der Waals surface area contributed by atoms with Crippen molar-refractivity contribution in [1.82, 2.24) is 15.4 Å². The number of ether oxygens (including phenoxy) is 1. The number of carbonyl (C=O) groups excluding carboxylic acids is 3. The molecule has 0 heterocycles. The second-order valence-electron chi connectivity index (χ2n) is 5.94. The van der Waals surface area contributed by atoms with Gasteiger partial charge in [-0.2, -0.15) is 0 Å². The fourth-order valence-electron chi connectivity index (χ4n) is 1.99. The van der Waals surface area contributed by atoms with Gasteiger partial charge in [0.25, 0.3) is 5.91 Å². The lowest BCUT2D eigenvalue weighted by Crippen LogP contribution is -2.41. The normalized spacial score (nSPS) is 11.1. The molecule has 1 aromatic rings. The van der Waals surface area contributed by atoms with Gasteiger partial charge in [-0.15, -0.1) is 0 Å². The van der Waals surface area contributed by atoms with Crippen molar-refractivity contribution in [3.8, 4) is 0 Å². The van der Waals surface area contributed by atoms with Gasteiger partial charge >= 0.3 is 12.0 Å². The Balaban J connectivity index is 2.39. The van der Waals surface area contributed by atoms with Crippen LogP contribution in [0.25, 0.3) is 0 Å². The maximum Gasteiger partial charge on any atom is 0.321 e.